The van der Waals surface area contributed by atoms with Gasteiger partial charge in [-0.3, -0.25) is 4.79 Å². The average molecular weight is 220 g/mol. The molecule has 0 aliphatic rings. The van der Waals surface area contributed by atoms with Crippen LogP contribution in [0, 0.1) is 0 Å². The number of hydrogen-bond acceptors (Lipinski definition) is 2. The van der Waals surface area contributed by atoms with Crippen molar-refractivity contribution in [2.24, 2.45) is 0 Å². The number of ether oxygens (including phenoxy) is 1. The van der Waals surface area contributed by atoms with E-state index in [0.717, 1.165) is 17.7 Å². The van der Waals surface area contributed by atoms with Crippen LogP contribution in [0.15, 0.2) is 36.9 Å². The van der Waals surface area contributed by atoms with Crippen LogP contribution in [0.4, 0.5) is 0 Å². The second-order valence-corrected chi connectivity index (χ2v) is 3.63. The van der Waals surface area contributed by atoms with E-state index in [-0.39, 0.29) is 12.5 Å². The van der Waals surface area contributed by atoms with E-state index in [1.54, 1.807) is 13.0 Å². The highest BCUT2D eigenvalue weighted by atomic mass is 16.5. The van der Waals surface area contributed by atoms with Gasteiger partial charge in [0.05, 0.1) is 6.42 Å². The van der Waals surface area contributed by atoms with Crippen LogP contribution in [0.1, 0.15) is 18.9 Å². The first-order valence-corrected chi connectivity index (χ1v) is 5.20. The van der Waals surface area contributed by atoms with E-state index in [1.165, 1.54) is 0 Å². The molecule has 0 fully saturated rings. The minimum Gasteiger partial charge on any atom is -0.490 e. The van der Waals surface area contributed by atoms with Gasteiger partial charge in [-0.1, -0.05) is 24.3 Å². The molecule has 1 rings (SSSR count). The zero-order valence-corrected chi connectivity index (χ0v) is 9.35. The summed E-state index contributed by atoms with van der Waals surface area (Å²) in [7, 11) is 0. The molecule has 0 aliphatic carbocycles. The van der Waals surface area contributed by atoms with Crippen molar-refractivity contribution in [3.63, 3.8) is 0 Å². The number of benzene rings is 1. The fourth-order valence-electron chi connectivity index (χ4n) is 1.45. The number of aliphatic carboxylic acids is 1. The van der Waals surface area contributed by atoms with Gasteiger partial charge in [-0.05, 0) is 25.0 Å². The maximum Gasteiger partial charge on any atom is 0.307 e. The Morgan fingerprint density at radius 2 is 2.25 bits per heavy atom. The first-order chi connectivity index (χ1) is 7.63. The van der Waals surface area contributed by atoms with Gasteiger partial charge in [0.15, 0.2) is 0 Å². The lowest BCUT2D eigenvalue weighted by molar-refractivity contribution is -0.138. The normalized spacial score (nSPS) is 11.8. The van der Waals surface area contributed by atoms with Crippen molar-refractivity contribution in [1.29, 1.82) is 0 Å². The monoisotopic (exact) mass is 220 g/mol. The van der Waals surface area contributed by atoms with E-state index in [4.69, 9.17) is 9.84 Å². The number of para-hydroxylation sites is 1. The zero-order chi connectivity index (χ0) is 12.0. The van der Waals surface area contributed by atoms with Crippen LogP contribution in [0.2, 0.25) is 0 Å². The second kappa shape index (κ2) is 5.95. The van der Waals surface area contributed by atoms with Gasteiger partial charge in [-0.25, -0.2) is 0 Å². The summed E-state index contributed by atoms with van der Waals surface area (Å²) in [5.41, 5.74) is 1.02. The molecule has 86 valence electrons. The minimum absolute atomic E-state index is 0.00240. The summed E-state index contributed by atoms with van der Waals surface area (Å²) in [6, 6.07) is 7.59. The molecule has 0 aromatic heterocycles. The largest absolute Gasteiger partial charge is 0.490 e. The smallest absolute Gasteiger partial charge is 0.307 e. The van der Waals surface area contributed by atoms with Gasteiger partial charge in [-0.2, -0.15) is 0 Å². The fourth-order valence-corrected chi connectivity index (χ4v) is 1.45. The Morgan fingerprint density at radius 1 is 1.56 bits per heavy atom. The van der Waals surface area contributed by atoms with Crippen LogP contribution in [0.5, 0.6) is 5.75 Å². The molecular formula is C13H16O3. The van der Waals surface area contributed by atoms with Gasteiger partial charge in [0, 0.05) is 0 Å². The Bertz CT molecular complexity index is 371. The van der Waals surface area contributed by atoms with Gasteiger partial charge in [0.25, 0.3) is 0 Å². The molecule has 0 unspecified atom stereocenters. The van der Waals surface area contributed by atoms with Gasteiger partial charge < -0.3 is 9.84 Å². The molecule has 1 atom stereocenters. The molecule has 0 saturated heterocycles. The third-order valence-electron chi connectivity index (χ3n) is 2.13. The summed E-state index contributed by atoms with van der Waals surface area (Å²) >= 11 is 0. The third-order valence-corrected chi connectivity index (χ3v) is 2.13. The summed E-state index contributed by atoms with van der Waals surface area (Å²) in [6.07, 6.45) is 2.19. The molecule has 16 heavy (non-hydrogen) atoms. The zero-order valence-electron chi connectivity index (χ0n) is 9.35. The number of allylic oxidation sites excluding steroid dienone is 1. The third kappa shape index (κ3) is 3.77. The van der Waals surface area contributed by atoms with E-state index >= 15 is 0 Å². The molecule has 0 aliphatic heterocycles. The molecule has 0 bridgehead atoms. The first kappa shape index (κ1) is 12.3. The van der Waals surface area contributed by atoms with E-state index in [2.05, 4.69) is 6.58 Å². The van der Waals surface area contributed by atoms with Crippen molar-refractivity contribution in [3.8, 4) is 5.75 Å². The highest BCUT2D eigenvalue weighted by molar-refractivity contribution is 5.67. The quantitative estimate of drug-likeness (QED) is 0.750. The predicted octanol–water partition coefficient (Wildman–Crippen LogP) is 2.66. The standard InChI is InChI=1S/C13H16O3/c1-3-6-11-7-4-5-8-12(11)16-10(2)9-13(14)15/h3-5,7-8,10H,1,6,9H2,2H3,(H,14,15)/t10-/m0/s1. The lowest BCUT2D eigenvalue weighted by atomic mass is 10.1. The average Bonchev–Trinajstić information content (AvgIpc) is 2.20. The highest BCUT2D eigenvalue weighted by Gasteiger charge is 2.10. The SMILES string of the molecule is C=CCc1ccccc1O[C@@H](C)CC(=O)O. The Morgan fingerprint density at radius 3 is 2.88 bits per heavy atom. The van der Waals surface area contributed by atoms with Gasteiger partial charge in [0.2, 0.25) is 0 Å². The maximum absolute atomic E-state index is 10.5. The molecule has 0 saturated carbocycles. The van der Waals surface area contributed by atoms with Crippen LogP contribution >= 0.6 is 0 Å². The minimum atomic E-state index is -0.853. The van der Waals surface area contributed by atoms with Crippen molar-refractivity contribution in [3.05, 3.63) is 42.5 Å². The van der Waals surface area contributed by atoms with Crippen LogP contribution in [0.3, 0.4) is 0 Å². The van der Waals surface area contributed by atoms with Crippen molar-refractivity contribution in [2.75, 3.05) is 0 Å². The predicted molar refractivity (Wildman–Crippen MR) is 62.7 cm³/mol. The summed E-state index contributed by atoms with van der Waals surface area (Å²) < 4.78 is 5.58. The van der Waals surface area contributed by atoms with Crippen LogP contribution in [-0.2, 0) is 11.2 Å². The Labute approximate surface area is 95.4 Å². The van der Waals surface area contributed by atoms with Gasteiger partial charge >= 0.3 is 5.97 Å². The molecule has 0 radical (unpaired) electrons. The van der Waals surface area contributed by atoms with Crippen molar-refractivity contribution in [1.82, 2.24) is 0 Å². The molecular weight excluding hydrogens is 204 g/mol. The van der Waals surface area contributed by atoms with E-state index in [1.807, 2.05) is 24.3 Å². The maximum atomic E-state index is 10.5. The Kier molecular flexibility index (Phi) is 4.58. The topological polar surface area (TPSA) is 46.5 Å². The molecule has 0 heterocycles. The Hall–Kier alpha value is -1.77. The van der Waals surface area contributed by atoms with Crippen LogP contribution < -0.4 is 4.74 Å². The molecule has 1 aromatic carbocycles. The lowest BCUT2D eigenvalue weighted by Gasteiger charge is -2.15. The van der Waals surface area contributed by atoms with Gasteiger partial charge in [0.1, 0.15) is 11.9 Å². The molecule has 0 amide bonds. The van der Waals surface area contributed by atoms with Crippen LogP contribution in [0.25, 0.3) is 0 Å². The molecule has 3 nitrogen and oxygen atoms in total. The summed E-state index contributed by atoms with van der Waals surface area (Å²) in [5, 5.41) is 8.64. The summed E-state index contributed by atoms with van der Waals surface area (Å²) in [5.74, 6) is -0.121. The van der Waals surface area contributed by atoms with E-state index < -0.39 is 5.97 Å². The van der Waals surface area contributed by atoms with Crippen molar-refractivity contribution in [2.45, 2.75) is 25.9 Å². The van der Waals surface area contributed by atoms with Crippen LogP contribution in [-0.4, -0.2) is 17.2 Å². The number of carboxylic acids is 1. The number of rotatable bonds is 6. The Balaban J connectivity index is 2.71. The van der Waals surface area contributed by atoms with E-state index in [9.17, 15) is 4.79 Å². The van der Waals surface area contributed by atoms with Gasteiger partial charge in [-0.15, -0.1) is 6.58 Å². The second-order valence-electron chi connectivity index (χ2n) is 3.63. The highest BCUT2D eigenvalue weighted by Crippen LogP contribution is 2.20. The molecule has 1 N–H and O–H groups in total. The number of carboxylic acid groups (broad SMARTS) is 1. The first-order valence-electron chi connectivity index (χ1n) is 5.20. The number of carbonyl (C=O) groups is 1. The molecule has 3 heteroatoms. The summed E-state index contributed by atoms with van der Waals surface area (Å²) in [6.45, 7) is 5.42. The molecule has 1 aromatic rings. The molecule has 0 spiro atoms. The van der Waals surface area contributed by atoms with Crippen molar-refractivity contribution >= 4 is 5.97 Å². The van der Waals surface area contributed by atoms with E-state index in [0.29, 0.717) is 0 Å². The van der Waals surface area contributed by atoms with Crippen molar-refractivity contribution < 1.29 is 14.6 Å². The fraction of sp³-hybridized carbons (Fsp3) is 0.308. The number of hydrogen-bond donors (Lipinski definition) is 1. The lowest BCUT2D eigenvalue weighted by Crippen LogP contribution is -2.17. The summed E-state index contributed by atoms with van der Waals surface area (Å²) in [4.78, 5) is 10.5.